The van der Waals surface area contributed by atoms with Crippen LogP contribution in [0.5, 0.6) is 0 Å². The van der Waals surface area contributed by atoms with Gasteiger partial charge in [0.15, 0.2) is 0 Å². The molecule has 0 fully saturated rings. The molecule has 0 saturated heterocycles. The standard InChI is InChI=1S/C10H16N2O/c1-7-4-8-5-12-6-9(8)10(7,13)2-3-11/h5-7,12-13H,2-4,11H2,1H3. The van der Waals surface area contributed by atoms with Crippen LogP contribution in [0, 0.1) is 5.92 Å². The van der Waals surface area contributed by atoms with Gasteiger partial charge in [-0.05, 0) is 30.9 Å². The molecule has 72 valence electrons. The first-order valence-electron chi connectivity index (χ1n) is 4.77. The highest BCUT2D eigenvalue weighted by Gasteiger charge is 2.42. The van der Waals surface area contributed by atoms with Crippen molar-refractivity contribution in [2.75, 3.05) is 6.54 Å². The first-order chi connectivity index (χ1) is 6.18. The summed E-state index contributed by atoms with van der Waals surface area (Å²) in [6, 6.07) is 0. The Morgan fingerprint density at radius 1 is 1.69 bits per heavy atom. The molecule has 0 aromatic carbocycles. The SMILES string of the molecule is CC1Cc2c[nH]cc2C1(O)CCN. The molecular formula is C10H16N2O. The summed E-state index contributed by atoms with van der Waals surface area (Å²) < 4.78 is 0. The molecule has 0 aliphatic heterocycles. The summed E-state index contributed by atoms with van der Waals surface area (Å²) in [7, 11) is 0. The van der Waals surface area contributed by atoms with Gasteiger partial charge in [-0.25, -0.2) is 0 Å². The summed E-state index contributed by atoms with van der Waals surface area (Å²) >= 11 is 0. The number of fused-ring (bicyclic) bond motifs is 1. The summed E-state index contributed by atoms with van der Waals surface area (Å²) in [4.78, 5) is 3.03. The summed E-state index contributed by atoms with van der Waals surface area (Å²) in [6.07, 6.45) is 5.48. The number of H-pyrrole nitrogens is 1. The van der Waals surface area contributed by atoms with Crippen LogP contribution in [0.2, 0.25) is 0 Å². The fourth-order valence-electron chi connectivity index (χ4n) is 2.33. The van der Waals surface area contributed by atoms with Crippen LogP contribution in [0.15, 0.2) is 12.4 Å². The lowest BCUT2D eigenvalue weighted by molar-refractivity contribution is -0.0103. The monoisotopic (exact) mass is 180 g/mol. The molecular weight excluding hydrogens is 164 g/mol. The first kappa shape index (κ1) is 8.78. The topological polar surface area (TPSA) is 62.0 Å². The van der Waals surface area contributed by atoms with E-state index in [1.807, 2.05) is 12.4 Å². The summed E-state index contributed by atoms with van der Waals surface area (Å²) in [6.45, 7) is 2.61. The van der Waals surface area contributed by atoms with Crippen LogP contribution in [-0.2, 0) is 12.0 Å². The van der Waals surface area contributed by atoms with E-state index in [9.17, 15) is 5.11 Å². The Kier molecular flexibility index (Phi) is 1.93. The van der Waals surface area contributed by atoms with Gasteiger partial charge in [0.25, 0.3) is 0 Å². The van der Waals surface area contributed by atoms with Crippen LogP contribution in [0.1, 0.15) is 24.5 Å². The van der Waals surface area contributed by atoms with Crippen LogP contribution in [0.25, 0.3) is 0 Å². The third-order valence-electron chi connectivity index (χ3n) is 3.16. The van der Waals surface area contributed by atoms with Gasteiger partial charge in [-0.3, -0.25) is 0 Å². The maximum Gasteiger partial charge on any atom is 0.0954 e. The van der Waals surface area contributed by atoms with Gasteiger partial charge in [0.2, 0.25) is 0 Å². The predicted molar refractivity (Wildman–Crippen MR) is 51.2 cm³/mol. The smallest absolute Gasteiger partial charge is 0.0954 e. The van der Waals surface area contributed by atoms with Crippen molar-refractivity contribution in [3.05, 3.63) is 23.5 Å². The third kappa shape index (κ3) is 1.11. The summed E-state index contributed by atoms with van der Waals surface area (Å²) in [5.74, 6) is 0.288. The second-order valence-corrected chi connectivity index (χ2v) is 3.96. The number of aliphatic hydroxyl groups is 1. The molecule has 3 heteroatoms. The molecule has 1 aromatic heterocycles. The molecule has 1 aliphatic carbocycles. The molecule has 1 aliphatic rings. The van der Waals surface area contributed by atoms with Crippen molar-refractivity contribution >= 4 is 0 Å². The van der Waals surface area contributed by atoms with E-state index in [1.165, 1.54) is 5.56 Å². The van der Waals surface area contributed by atoms with Crippen molar-refractivity contribution in [1.29, 1.82) is 0 Å². The van der Waals surface area contributed by atoms with E-state index in [0.717, 1.165) is 12.0 Å². The molecule has 2 atom stereocenters. The van der Waals surface area contributed by atoms with Gasteiger partial charge in [0, 0.05) is 18.0 Å². The maximum atomic E-state index is 10.4. The van der Waals surface area contributed by atoms with E-state index in [-0.39, 0.29) is 5.92 Å². The number of nitrogens with one attached hydrogen (secondary N) is 1. The second kappa shape index (κ2) is 2.86. The molecule has 1 heterocycles. The zero-order valence-corrected chi connectivity index (χ0v) is 7.88. The Bertz CT molecular complexity index is 308. The molecule has 13 heavy (non-hydrogen) atoms. The van der Waals surface area contributed by atoms with E-state index in [1.54, 1.807) is 0 Å². The second-order valence-electron chi connectivity index (χ2n) is 3.96. The summed E-state index contributed by atoms with van der Waals surface area (Å²) in [5, 5.41) is 10.4. The predicted octanol–water partition coefficient (Wildman–Crippen LogP) is 0.743. The molecule has 1 aromatic rings. The van der Waals surface area contributed by atoms with E-state index in [2.05, 4.69) is 11.9 Å². The lowest BCUT2D eigenvalue weighted by Gasteiger charge is -2.27. The molecule has 0 spiro atoms. The molecule has 4 N–H and O–H groups in total. The van der Waals surface area contributed by atoms with Crippen molar-refractivity contribution in [3.63, 3.8) is 0 Å². The Morgan fingerprint density at radius 2 is 2.46 bits per heavy atom. The van der Waals surface area contributed by atoms with Crippen LogP contribution in [0.3, 0.4) is 0 Å². The average Bonchev–Trinajstić information content (AvgIpc) is 2.59. The van der Waals surface area contributed by atoms with Gasteiger partial charge in [0.05, 0.1) is 5.60 Å². The fraction of sp³-hybridized carbons (Fsp3) is 0.600. The number of hydrogen-bond donors (Lipinski definition) is 3. The van der Waals surface area contributed by atoms with Gasteiger partial charge >= 0.3 is 0 Å². The van der Waals surface area contributed by atoms with Crippen LogP contribution >= 0.6 is 0 Å². The zero-order chi connectivity index (χ0) is 9.47. The Morgan fingerprint density at radius 3 is 3.15 bits per heavy atom. The zero-order valence-electron chi connectivity index (χ0n) is 7.88. The number of hydrogen-bond acceptors (Lipinski definition) is 2. The minimum Gasteiger partial charge on any atom is -0.385 e. The Balaban J connectivity index is 2.38. The molecule has 3 nitrogen and oxygen atoms in total. The first-order valence-corrected chi connectivity index (χ1v) is 4.77. The van der Waals surface area contributed by atoms with E-state index >= 15 is 0 Å². The molecule has 0 saturated carbocycles. The highest BCUT2D eigenvalue weighted by molar-refractivity contribution is 5.36. The van der Waals surface area contributed by atoms with Crippen LogP contribution in [0.4, 0.5) is 0 Å². The van der Waals surface area contributed by atoms with Gasteiger partial charge in [-0.2, -0.15) is 0 Å². The minimum atomic E-state index is -0.690. The van der Waals surface area contributed by atoms with Gasteiger partial charge in [-0.1, -0.05) is 6.92 Å². The van der Waals surface area contributed by atoms with Crippen LogP contribution in [-0.4, -0.2) is 16.6 Å². The third-order valence-corrected chi connectivity index (χ3v) is 3.16. The van der Waals surface area contributed by atoms with Gasteiger partial charge < -0.3 is 15.8 Å². The van der Waals surface area contributed by atoms with Crippen molar-refractivity contribution in [3.8, 4) is 0 Å². The van der Waals surface area contributed by atoms with Gasteiger partial charge in [0.1, 0.15) is 0 Å². The maximum absolute atomic E-state index is 10.4. The van der Waals surface area contributed by atoms with Crippen LogP contribution < -0.4 is 5.73 Å². The lowest BCUT2D eigenvalue weighted by Crippen LogP contribution is -2.32. The van der Waals surface area contributed by atoms with Crippen molar-refractivity contribution in [2.45, 2.75) is 25.4 Å². The minimum absolute atomic E-state index is 0.288. The van der Waals surface area contributed by atoms with Gasteiger partial charge in [-0.15, -0.1) is 0 Å². The van der Waals surface area contributed by atoms with Crippen molar-refractivity contribution in [2.24, 2.45) is 11.7 Å². The normalized spacial score (nSPS) is 32.1. The van der Waals surface area contributed by atoms with E-state index < -0.39 is 5.60 Å². The molecule has 2 unspecified atom stereocenters. The van der Waals surface area contributed by atoms with E-state index in [4.69, 9.17) is 5.73 Å². The molecule has 0 amide bonds. The summed E-state index contributed by atoms with van der Waals surface area (Å²) in [5.41, 5.74) is 7.11. The van der Waals surface area contributed by atoms with Crippen molar-refractivity contribution in [1.82, 2.24) is 4.98 Å². The number of nitrogens with two attached hydrogens (primary N) is 1. The largest absolute Gasteiger partial charge is 0.385 e. The molecule has 0 radical (unpaired) electrons. The number of aromatic amines is 1. The molecule has 2 rings (SSSR count). The number of rotatable bonds is 2. The quantitative estimate of drug-likeness (QED) is 0.628. The Labute approximate surface area is 78.0 Å². The average molecular weight is 180 g/mol. The highest BCUT2D eigenvalue weighted by Crippen LogP contribution is 2.43. The fourth-order valence-corrected chi connectivity index (χ4v) is 2.33. The molecule has 0 bridgehead atoms. The highest BCUT2D eigenvalue weighted by atomic mass is 16.3. The Hall–Kier alpha value is -0.800. The van der Waals surface area contributed by atoms with Crippen molar-refractivity contribution < 1.29 is 5.11 Å². The lowest BCUT2D eigenvalue weighted by atomic mass is 9.86. The number of aromatic nitrogens is 1. The van der Waals surface area contributed by atoms with E-state index in [0.29, 0.717) is 13.0 Å².